The Bertz CT molecular complexity index is 342. The second kappa shape index (κ2) is 6.85. The van der Waals surface area contributed by atoms with Crippen LogP contribution in [0.2, 0.25) is 10.0 Å². The summed E-state index contributed by atoms with van der Waals surface area (Å²) in [6.07, 6.45) is 1.12. The molecule has 16 heavy (non-hydrogen) atoms. The first-order valence-electron chi connectivity index (χ1n) is 5.25. The zero-order chi connectivity index (χ0) is 12.1. The summed E-state index contributed by atoms with van der Waals surface area (Å²) >= 11 is 15.6. The van der Waals surface area contributed by atoms with Gasteiger partial charge in [0.05, 0.1) is 0 Å². The maximum absolute atomic E-state index is 6.11. The van der Waals surface area contributed by atoms with Gasteiger partial charge in [-0.15, -0.1) is 0 Å². The van der Waals surface area contributed by atoms with Gasteiger partial charge in [0.25, 0.3) is 0 Å². The monoisotopic (exact) mass is 323 g/mol. The molecule has 0 saturated heterocycles. The summed E-state index contributed by atoms with van der Waals surface area (Å²) in [7, 11) is 2.09. The third-order valence-corrected chi connectivity index (χ3v) is 3.42. The SMILES string of the molecule is CC(Br)CCN(C)Cc1cc(Cl)ccc1Cl. The van der Waals surface area contributed by atoms with E-state index in [-0.39, 0.29) is 0 Å². The van der Waals surface area contributed by atoms with E-state index in [1.165, 1.54) is 0 Å². The van der Waals surface area contributed by atoms with Gasteiger partial charge in [0, 0.05) is 21.4 Å². The first kappa shape index (κ1) is 14.3. The van der Waals surface area contributed by atoms with E-state index in [0.717, 1.165) is 35.1 Å². The van der Waals surface area contributed by atoms with E-state index in [1.54, 1.807) is 0 Å². The molecular formula is C12H16BrCl2N. The summed E-state index contributed by atoms with van der Waals surface area (Å²) in [6, 6.07) is 5.59. The second-order valence-corrected chi connectivity index (χ2v) is 6.45. The fourth-order valence-corrected chi connectivity index (χ4v) is 2.01. The van der Waals surface area contributed by atoms with Gasteiger partial charge in [0.15, 0.2) is 0 Å². The fourth-order valence-electron chi connectivity index (χ4n) is 1.43. The number of hydrogen-bond acceptors (Lipinski definition) is 1. The molecule has 1 aromatic carbocycles. The van der Waals surface area contributed by atoms with E-state index in [1.807, 2.05) is 18.2 Å². The molecule has 0 aromatic heterocycles. The Hall–Kier alpha value is 0.240. The topological polar surface area (TPSA) is 3.24 Å². The van der Waals surface area contributed by atoms with Gasteiger partial charge in [-0.25, -0.2) is 0 Å². The highest BCUT2D eigenvalue weighted by atomic mass is 79.9. The summed E-state index contributed by atoms with van der Waals surface area (Å²) in [5, 5.41) is 1.52. The lowest BCUT2D eigenvalue weighted by Gasteiger charge is -2.18. The predicted octanol–water partition coefficient (Wildman–Crippen LogP) is 4.60. The molecular weight excluding hydrogens is 309 g/mol. The van der Waals surface area contributed by atoms with Crippen molar-refractivity contribution < 1.29 is 0 Å². The standard InChI is InChI=1S/C12H16BrCl2N/c1-9(13)5-6-16(2)8-10-7-11(14)3-4-12(10)15/h3-4,7,9H,5-6,8H2,1-2H3. The molecule has 1 atom stereocenters. The van der Waals surface area contributed by atoms with Crippen LogP contribution in [0.3, 0.4) is 0 Å². The zero-order valence-electron chi connectivity index (χ0n) is 9.51. The largest absolute Gasteiger partial charge is 0.302 e. The van der Waals surface area contributed by atoms with Crippen molar-refractivity contribution >= 4 is 39.1 Å². The van der Waals surface area contributed by atoms with Gasteiger partial charge in [0.2, 0.25) is 0 Å². The van der Waals surface area contributed by atoms with Crippen LogP contribution in [-0.2, 0) is 6.54 Å². The summed E-state index contributed by atoms with van der Waals surface area (Å²) < 4.78 is 0. The van der Waals surface area contributed by atoms with Crippen LogP contribution in [0.4, 0.5) is 0 Å². The first-order valence-corrected chi connectivity index (χ1v) is 6.92. The average molecular weight is 325 g/mol. The summed E-state index contributed by atoms with van der Waals surface area (Å²) in [5.41, 5.74) is 1.08. The molecule has 0 bridgehead atoms. The lowest BCUT2D eigenvalue weighted by Crippen LogP contribution is -2.21. The van der Waals surface area contributed by atoms with E-state index >= 15 is 0 Å². The maximum Gasteiger partial charge on any atom is 0.0452 e. The summed E-state index contributed by atoms with van der Waals surface area (Å²) in [6.45, 7) is 4.02. The van der Waals surface area contributed by atoms with Gasteiger partial charge in [-0.05, 0) is 43.8 Å². The molecule has 1 unspecified atom stereocenters. The average Bonchev–Trinajstić information content (AvgIpc) is 2.20. The van der Waals surface area contributed by atoms with E-state index in [9.17, 15) is 0 Å². The number of hydrogen-bond donors (Lipinski definition) is 0. The Morgan fingerprint density at radius 2 is 2.06 bits per heavy atom. The van der Waals surface area contributed by atoms with Crippen LogP contribution in [0.5, 0.6) is 0 Å². The highest BCUT2D eigenvalue weighted by molar-refractivity contribution is 9.09. The Morgan fingerprint density at radius 3 is 2.69 bits per heavy atom. The smallest absolute Gasteiger partial charge is 0.0452 e. The minimum atomic E-state index is 0.546. The van der Waals surface area contributed by atoms with Gasteiger partial charge < -0.3 is 4.90 Å². The highest BCUT2D eigenvalue weighted by Crippen LogP contribution is 2.21. The van der Waals surface area contributed by atoms with Gasteiger partial charge in [-0.3, -0.25) is 0 Å². The molecule has 0 amide bonds. The minimum Gasteiger partial charge on any atom is -0.302 e. The first-order chi connectivity index (χ1) is 7.49. The lowest BCUT2D eigenvalue weighted by atomic mass is 10.2. The van der Waals surface area contributed by atoms with Gasteiger partial charge in [-0.1, -0.05) is 46.1 Å². The molecule has 1 nitrogen and oxygen atoms in total. The van der Waals surface area contributed by atoms with E-state index in [2.05, 4.69) is 34.8 Å². The number of benzene rings is 1. The third kappa shape index (κ3) is 5.05. The Labute approximate surface area is 116 Å². The Morgan fingerprint density at radius 1 is 1.38 bits per heavy atom. The molecule has 0 heterocycles. The van der Waals surface area contributed by atoms with E-state index in [0.29, 0.717) is 4.83 Å². The van der Waals surface area contributed by atoms with Gasteiger partial charge in [-0.2, -0.15) is 0 Å². The second-order valence-electron chi connectivity index (χ2n) is 4.04. The van der Waals surface area contributed by atoms with Crippen LogP contribution in [0, 0.1) is 0 Å². The van der Waals surface area contributed by atoms with Crippen LogP contribution in [-0.4, -0.2) is 23.3 Å². The Balaban J connectivity index is 2.55. The van der Waals surface area contributed by atoms with Crippen LogP contribution < -0.4 is 0 Å². The third-order valence-electron chi connectivity index (χ3n) is 2.36. The van der Waals surface area contributed by atoms with Crippen LogP contribution >= 0.6 is 39.1 Å². The summed E-state index contributed by atoms with van der Waals surface area (Å²) in [4.78, 5) is 2.79. The van der Waals surface area contributed by atoms with Crippen molar-refractivity contribution in [3.8, 4) is 0 Å². The molecule has 1 rings (SSSR count). The molecule has 0 N–H and O–H groups in total. The van der Waals surface area contributed by atoms with Crippen molar-refractivity contribution in [1.29, 1.82) is 0 Å². The molecule has 1 aromatic rings. The molecule has 4 heteroatoms. The molecule has 0 aliphatic heterocycles. The quantitative estimate of drug-likeness (QED) is 0.715. The van der Waals surface area contributed by atoms with Crippen molar-refractivity contribution in [3.63, 3.8) is 0 Å². The van der Waals surface area contributed by atoms with Crippen LogP contribution in [0.25, 0.3) is 0 Å². The minimum absolute atomic E-state index is 0.546. The zero-order valence-corrected chi connectivity index (χ0v) is 12.6. The van der Waals surface area contributed by atoms with E-state index < -0.39 is 0 Å². The van der Waals surface area contributed by atoms with Crippen molar-refractivity contribution in [3.05, 3.63) is 33.8 Å². The maximum atomic E-state index is 6.11. The van der Waals surface area contributed by atoms with Gasteiger partial charge >= 0.3 is 0 Å². The lowest BCUT2D eigenvalue weighted by molar-refractivity contribution is 0.323. The molecule has 90 valence electrons. The number of nitrogens with zero attached hydrogens (tertiary/aromatic N) is 1. The fraction of sp³-hybridized carbons (Fsp3) is 0.500. The Kier molecular flexibility index (Phi) is 6.12. The molecule has 0 fully saturated rings. The van der Waals surface area contributed by atoms with Crippen LogP contribution in [0.1, 0.15) is 18.9 Å². The van der Waals surface area contributed by atoms with Crippen molar-refractivity contribution in [2.45, 2.75) is 24.7 Å². The number of alkyl halides is 1. The molecule has 0 saturated carbocycles. The number of halogens is 3. The van der Waals surface area contributed by atoms with Gasteiger partial charge in [0.1, 0.15) is 0 Å². The molecule has 0 aliphatic carbocycles. The van der Waals surface area contributed by atoms with Crippen molar-refractivity contribution in [2.75, 3.05) is 13.6 Å². The molecule has 0 aliphatic rings. The highest BCUT2D eigenvalue weighted by Gasteiger charge is 2.06. The summed E-state index contributed by atoms with van der Waals surface area (Å²) in [5.74, 6) is 0. The number of rotatable bonds is 5. The van der Waals surface area contributed by atoms with Crippen molar-refractivity contribution in [1.82, 2.24) is 4.90 Å². The normalized spacial score (nSPS) is 13.1. The predicted molar refractivity (Wildman–Crippen MR) is 75.8 cm³/mol. The molecule has 0 radical (unpaired) electrons. The van der Waals surface area contributed by atoms with Crippen molar-refractivity contribution in [2.24, 2.45) is 0 Å². The molecule has 0 spiro atoms. The van der Waals surface area contributed by atoms with E-state index in [4.69, 9.17) is 23.2 Å². The van der Waals surface area contributed by atoms with Crippen LogP contribution in [0.15, 0.2) is 18.2 Å².